The van der Waals surface area contributed by atoms with Crippen LogP contribution in [0.25, 0.3) is 0 Å². The quantitative estimate of drug-likeness (QED) is 0.512. The van der Waals surface area contributed by atoms with Crippen LogP contribution >= 0.6 is 0 Å². The summed E-state index contributed by atoms with van der Waals surface area (Å²) in [7, 11) is 0. The molecule has 0 atom stereocenters. The van der Waals surface area contributed by atoms with Crippen molar-refractivity contribution in [3.05, 3.63) is 70.4 Å². The normalized spacial score (nSPS) is 11.0. The minimum Gasteiger partial charge on any atom is -0.360 e. The average molecular weight is 361 g/mol. The smallest absolute Gasteiger partial charge is 0.267 e. The van der Waals surface area contributed by atoms with Gasteiger partial charge in [0.1, 0.15) is 11.6 Å². The maximum absolute atomic E-state index is 12.5. The first-order valence-electron chi connectivity index (χ1n) is 9.29. The molecule has 0 fully saturated rings. The molecule has 1 amide bonds. The number of hydrogen-bond donors (Lipinski definition) is 2. The Morgan fingerprint density at radius 2 is 1.74 bits per heavy atom. The van der Waals surface area contributed by atoms with Crippen molar-refractivity contribution in [2.75, 3.05) is 10.6 Å². The van der Waals surface area contributed by atoms with Gasteiger partial charge >= 0.3 is 0 Å². The molecule has 2 aromatic rings. The zero-order valence-electron chi connectivity index (χ0n) is 16.5. The van der Waals surface area contributed by atoms with Gasteiger partial charge in [0.05, 0.1) is 0 Å². The molecular formula is C23H27N3O. The van der Waals surface area contributed by atoms with Crippen molar-refractivity contribution < 1.29 is 4.79 Å². The van der Waals surface area contributed by atoms with Gasteiger partial charge in [-0.3, -0.25) is 4.79 Å². The van der Waals surface area contributed by atoms with Crippen molar-refractivity contribution in [2.24, 2.45) is 0 Å². The largest absolute Gasteiger partial charge is 0.360 e. The van der Waals surface area contributed by atoms with E-state index in [4.69, 9.17) is 0 Å². The van der Waals surface area contributed by atoms with E-state index in [0.717, 1.165) is 34.5 Å². The molecule has 2 N–H and O–H groups in total. The van der Waals surface area contributed by atoms with Gasteiger partial charge in [-0.2, -0.15) is 5.26 Å². The number of aryl methyl sites for hydroxylation is 4. The van der Waals surface area contributed by atoms with Gasteiger partial charge in [-0.25, -0.2) is 0 Å². The third-order valence-corrected chi connectivity index (χ3v) is 4.44. The molecule has 27 heavy (non-hydrogen) atoms. The van der Waals surface area contributed by atoms with Gasteiger partial charge in [0, 0.05) is 17.6 Å². The topological polar surface area (TPSA) is 64.9 Å². The third kappa shape index (κ3) is 5.72. The molecule has 0 saturated carbocycles. The van der Waals surface area contributed by atoms with E-state index in [2.05, 4.69) is 29.7 Å². The summed E-state index contributed by atoms with van der Waals surface area (Å²) in [5.41, 5.74) is 6.02. The van der Waals surface area contributed by atoms with E-state index in [-0.39, 0.29) is 5.57 Å². The summed E-state index contributed by atoms with van der Waals surface area (Å²) in [6, 6.07) is 14.0. The molecule has 0 aromatic heterocycles. The molecule has 2 aromatic carbocycles. The summed E-state index contributed by atoms with van der Waals surface area (Å²) in [5.74, 6) is -0.417. The number of nitrogens with one attached hydrogen (secondary N) is 2. The summed E-state index contributed by atoms with van der Waals surface area (Å²) in [5, 5.41) is 15.3. The molecule has 0 bridgehead atoms. The molecular weight excluding hydrogens is 334 g/mol. The molecule has 0 aliphatic carbocycles. The molecule has 4 nitrogen and oxygen atoms in total. The van der Waals surface area contributed by atoms with Crippen molar-refractivity contribution in [1.82, 2.24) is 0 Å². The van der Waals surface area contributed by atoms with Crippen LogP contribution in [-0.4, -0.2) is 5.91 Å². The van der Waals surface area contributed by atoms with Crippen LogP contribution in [0.4, 0.5) is 11.4 Å². The predicted octanol–water partition coefficient (Wildman–Crippen LogP) is 5.41. The average Bonchev–Trinajstić information content (AvgIpc) is 2.64. The highest BCUT2D eigenvalue weighted by Gasteiger charge is 2.12. The number of carbonyl (C=O) groups is 1. The summed E-state index contributed by atoms with van der Waals surface area (Å²) in [6.07, 6.45) is 4.86. The molecule has 0 spiro atoms. The second kappa shape index (κ2) is 9.59. The first kappa shape index (κ1) is 20.3. The second-order valence-electron chi connectivity index (χ2n) is 6.84. The van der Waals surface area contributed by atoms with Crippen molar-refractivity contribution in [1.29, 1.82) is 5.26 Å². The Kier molecular flexibility index (Phi) is 7.19. The lowest BCUT2D eigenvalue weighted by atomic mass is 10.0. The van der Waals surface area contributed by atoms with Crippen LogP contribution in [0.15, 0.2) is 48.2 Å². The Bertz CT molecular complexity index is 850. The number of rotatable bonds is 7. The van der Waals surface area contributed by atoms with Crippen LogP contribution in [-0.2, 0) is 11.2 Å². The van der Waals surface area contributed by atoms with E-state index in [1.54, 1.807) is 0 Å². The number of anilines is 2. The lowest BCUT2D eigenvalue weighted by molar-refractivity contribution is -0.112. The zero-order chi connectivity index (χ0) is 19.8. The second-order valence-corrected chi connectivity index (χ2v) is 6.84. The van der Waals surface area contributed by atoms with Crippen LogP contribution < -0.4 is 10.6 Å². The van der Waals surface area contributed by atoms with Gasteiger partial charge < -0.3 is 10.6 Å². The summed E-state index contributed by atoms with van der Waals surface area (Å²) < 4.78 is 0. The van der Waals surface area contributed by atoms with Crippen molar-refractivity contribution >= 4 is 17.3 Å². The summed E-state index contributed by atoms with van der Waals surface area (Å²) >= 11 is 0. The standard InChI is InChI=1S/C23H27N3O/c1-5-6-7-19-8-10-21(11-9-19)25-15-20(14-24)23(27)26-22-17(3)12-16(2)13-18(22)4/h8-13,15,25H,5-7H2,1-4H3,(H,26,27)/b20-15-. The monoisotopic (exact) mass is 361 g/mol. The van der Waals surface area contributed by atoms with E-state index < -0.39 is 5.91 Å². The predicted molar refractivity (Wildman–Crippen MR) is 112 cm³/mol. The zero-order valence-corrected chi connectivity index (χ0v) is 16.5. The maximum Gasteiger partial charge on any atom is 0.267 e. The Hall–Kier alpha value is -3.06. The van der Waals surface area contributed by atoms with Crippen molar-refractivity contribution in [2.45, 2.75) is 47.0 Å². The van der Waals surface area contributed by atoms with Crippen LogP contribution in [0.5, 0.6) is 0 Å². The SMILES string of the molecule is CCCCc1ccc(N/C=C(/C#N)C(=O)Nc2c(C)cc(C)cc2C)cc1. The van der Waals surface area contributed by atoms with Crippen LogP contribution in [0.2, 0.25) is 0 Å². The lowest BCUT2D eigenvalue weighted by Crippen LogP contribution is -2.16. The minimum atomic E-state index is -0.417. The highest BCUT2D eigenvalue weighted by molar-refractivity contribution is 6.07. The maximum atomic E-state index is 12.5. The first-order valence-corrected chi connectivity index (χ1v) is 9.29. The Labute approximate surface area is 161 Å². The highest BCUT2D eigenvalue weighted by atomic mass is 16.1. The molecule has 4 heteroatoms. The number of hydrogen-bond acceptors (Lipinski definition) is 3. The number of benzene rings is 2. The number of carbonyl (C=O) groups excluding carboxylic acids is 1. The molecule has 140 valence electrons. The van der Waals surface area contributed by atoms with E-state index in [0.29, 0.717) is 0 Å². The van der Waals surface area contributed by atoms with E-state index in [9.17, 15) is 10.1 Å². The summed E-state index contributed by atoms with van der Waals surface area (Å²) in [4.78, 5) is 12.5. The Balaban J connectivity index is 2.07. The van der Waals surface area contributed by atoms with E-state index in [1.807, 2.05) is 51.1 Å². The minimum absolute atomic E-state index is 0.0319. The molecule has 0 radical (unpaired) electrons. The van der Waals surface area contributed by atoms with Crippen LogP contribution in [0.1, 0.15) is 42.0 Å². The van der Waals surface area contributed by atoms with Gasteiger partial charge in [-0.15, -0.1) is 0 Å². The van der Waals surface area contributed by atoms with Gasteiger partial charge in [-0.05, 0) is 62.4 Å². The Morgan fingerprint density at radius 1 is 1.11 bits per heavy atom. The van der Waals surface area contributed by atoms with Crippen molar-refractivity contribution in [3.63, 3.8) is 0 Å². The molecule has 2 rings (SSSR count). The third-order valence-electron chi connectivity index (χ3n) is 4.44. The van der Waals surface area contributed by atoms with Gasteiger partial charge in [0.25, 0.3) is 5.91 Å². The fraction of sp³-hybridized carbons (Fsp3) is 0.304. The first-order chi connectivity index (χ1) is 12.9. The van der Waals surface area contributed by atoms with Gasteiger partial charge in [0.15, 0.2) is 0 Å². The van der Waals surface area contributed by atoms with Crippen LogP contribution in [0.3, 0.4) is 0 Å². The number of nitrogens with zero attached hydrogens (tertiary/aromatic N) is 1. The molecule has 0 heterocycles. The molecule has 0 saturated heterocycles. The number of amides is 1. The molecule has 0 aliphatic rings. The molecule has 0 aliphatic heterocycles. The highest BCUT2D eigenvalue weighted by Crippen LogP contribution is 2.22. The molecule has 0 unspecified atom stereocenters. The van der Waals surface area contributed by atoms with E-state index >= 15 is 0 Å². The Morgan fingerprint density at radius 3 is 2.30 bits per heavy atom. The van der Waals surface area contributed by atoms with Gasteiger partial charge in [-0.1, -0.05) is 43.2 Å². The van der Waals surface area contributed by atoms with Crippen molar-refractivity contribution in [3.8, 4) is 6.07 Å². The number of unbranched alkanes of at least 4 members (excludes halogenated alkanes) is 1. The van der Waals surface area contributed by atoms with Gasteiger partial charge in [0.2, 0.25) is 0 Å². The fourth-order valence-corrected chi connectivity index (χ4v) is 3.01. The fourth-order valence-electron chi connectivity index (χ4n) is 3.01. The van der Waals surface area contributed by atoms with Crippen LogP contribution in [0, 0.1) is 32.1 Å². The number of nitriles is 1. The lowest BCUT2D eigenvalue weighted by Gasteiger charge is -2.12. The van der Waals surface area contributed by atoms with E-state index in [1.165, 1.54) is 24.6 Å². The summed E-state index contributed by atoms with van der Waals surface area (Å²) in [6.45, 7) is 8.09.